The molecule has 1 saturated heterocycles. The molecule has 1 N–H and O–H groups in total. The van der Waals surface area contributed by atoms with E-state index >= 15 is 0 Å². The predicted molar refractivity (Wildman–Crippen MR) is 61.8 cm³/mol. The van der Waals surface area contributed by atoms with Crippen LogP contribution in [-0.4, -0.2) is 18.1 Å². The molecular formula is C13H17NO2. The van der Waals surface area contributed by atoms with Crippen molar-refractivity contribution in [1.82, 2.24) is 5.32 Å². The smallest absolute Gasteiger partial charge is 0.323 e. The Bertz CT molecular complexity index is 363. The molecule has 0 aromatic heterocycles. The van der Waals surface area contributed by atoms with Crippen molar-refractivity contribution in [1.29, 1.82) is 0 Å². The number of hydrogen-bond acceptors (Lipinski definition) is 3. The van der Waals surface area contributed by atoms with E-state index in [1.54, 1.807) is 0 Å². The lowest BCUT2D eigenvalue weighted by Gasteiger charge is -2.14. The third kappa shape index (κ3) is 2.25. The van der Waals surface area contributed by atoms with E-state index in [1.807, 2.05) is 44.2 Å². The highest BCUT2D eigenvalue weighted by Gasteiger charge is 2.38. The van der Waals surface area contributed by atoms with Gasteiger partial charge in [0.1, 0.15) is 12.1 Å². The average molecular weight is 219 g/mol. The van der Waals surface area contributed by atoms with E-state index < -0.39 is 0 Å². The number of carbonyl (C=O) groups excluding carboxylic acids is 1. The van der Waals surface area contributed by atoms with Crippen LogP contribution in [0.2, 0.25) is 0 Å². The van der Waals surface area contributed by atoms with Crippen LogP contribution in [0.3, 0.4) is 0 Å². The zero-order valence-corrected chi connectivity index (χ0v) is 9.64. The molecule has 1 aliphatic heterocycles. The Morgan fingerprint density at radius 2 is 1.94 bits per heavy atom. The second kappa shape index (κ2) is 4.66. The van der Waals surface area contributed by atoms with Crippen molar-refractivity contribution in [2.24, 2.45) is 5.92 Å². The standard InChI is InChI=1S/C13H17NO2/c1-9-10(2)16-13(15)12(9)14-8-11-6-4-3-5-7-11/h3-7,9-10,12,14H,8H2,1-2H3/t9-,10-,12?/m0/s1. The Hall–Kier alpha value is -1.35. The van der Waals surface area contributed by atoms with E-state index in [1.165, 1.54) is 5.56 Å². The Morgan fingerprint density at radius 3 is 2.50 bits per heavy atom. The lowest BCUT2D eigenvalue weighted by atomic mass is 10.00. The van der Waals surface area contributed by atoms with Crippen molar-refractivity contribution in [2.45, 2.75) is 32.5 Å². The minimum atomic E-state index is -0.171. The van der Waals surface area contributed by atoms with Gasteiger partial charge < -0.3 is 4.74 Å². The fourth-order valence-electron chi connectivity index (χ4n) is 1.94. The van der Waals surface area contributed by atoms with E-state index in [2.05, 4.69) is 5.32 Å². The first-order valence-electron chi connectivity index (χ1n) is 5.66. The number of hydrogen-bond donors (Lipinski definition) is 1. The van der Waals surface area contributed by atoms with E-state index in [9.17, 15) is 4.79 Å². The van der Waals surface area contributed by atoms with Crippen molar-refractivity contribution in [2.75, 3.05) is 0 Å². The normalized spacial score (nSPS) is 29.1. The topological polar surface area (TPSA) is 38.3 Å². The number of esters is 1. The second-order valence-electron chi connectivity index (χ2n) is 4.35. The summed E-state index contributed by atoms with van der Waals surface area (Å²) in [5.41, 5.74) is 1.18. The summed E-state index contributed by atoms with van der Waals surface area (Å²) in [6.45, 7) is 4.68. The van der Waals surface area contributed by atoms with Gasteiger partial charge in [0.25, 0.3) is 0 Å². The summed E-state index contributed by atoms with van der Waals surface area (Å²) in [5, 5.41) is 3.25. The Labute approximate surface area is 95.8 Å². The first-order chi connectivity index (χ1) is 7.68. The predicted octanol–water partition coefficient (Wildman–Crippen LogP) is 1.73. The maximum absolute atomic E-state index is 11.5. The lowest BCUT2D eigenvalue weighted by molar-refractivity contribution is -0.142. The van der Waals surface area contributed by atoms with Crippen molar-refractivity contribution < 1.29 is 9.53 Å². The molecule has 3 heteroatoms. The lowest BCUT2D eigenvalue weighted by Crippen LogP contribution is -2.37. The van der Waals surface area contributed by atoms with Crippen molar-refractivity contribution >= 4 is 5.97 Å². The molecule has 0 amide bonds. The molecule has 0 bridgehead atoms. The largest absolute Gasteiger partial charge is 0.461 e. The van der Waals surface area contributed by atoms with Crippen LogP contribution in [0.25, 0.3) is 0 Å². The number of rotatable bonds is 3. The van der Waals surface area contributed by atoms with E-state index in [-0.39, 0.29) is 24.0 Å². The van der Waals surface area contributed by atoms with Gasteiger partial charge in [0, 0.05) is 12.5 Å². The van der Waals surface area contributed by atoms with Crippen molar-refractivity contribution in [3.8, 4) is 0 Å². The van der Waals surface area contributed by atoms with E-state index in [4.69, 9.17) is 4.74 Å². The highest BCUT2D eigenvalue weighted by Crippen LogP contribution is 2.21. The van der Waals surface area contributed by atoms with Crippen LogP contribution < -0.4 is 5.32 Å². The summed E-state index contributed by atoms with van der Waals surface area (Å²) < 4.78 is 5.17. The van der Waals surface area contributed by atoms with Crippen molar-refractivity contribution in [3.63, 3.8) is 0 Å². The molecule has 3 nitrogen and oxygen atoms in total. The van der Waals surface area contributed by atoms with Gasteiger partial charge in [0.2, 0.25) is 0 Å². The van der Waals surface area contributed by atoms with Crippen LogP contribution in [0.4, 0.5) is 0 Å². The quantitative estimate of drug-likeness (QED) is 0.787. The maximum atomic E-state index is 11.5. The second-order valence-corrected chi connectivity index (χ2v) is 4.35. The summed E-state index contributed by atoms with van der Waals surface area (Å²) in [7, 11) is 0. The molecular weight excluding hydrogens is 202 g/mol. The van der Waals surface area contributed by atoms with Crippen LogP contribution in [0, 0.1) is 5.92 Å². The minimum Gasteiger partial charge on any atom is -0.461 e. The fourth-order valence-corrected chi connectivity index (χ4v) is 1.94. The summed E-state index contributed by atoms with van der Waals surface area (Å²) in [5.74, 6) is 0.104. The van der Waals surface area contributed by atoms with Gasteiger partial charge in [-0.3, -0.25) is 10.1 Å². The van der Waals surface area contributed by atoms with Gasteiger partial charge in [-0.2, -0.15) is 0 Å². The zero-order valence-electron chi connectivity index (χ0n) is 9.64. The number of nitrogens with one attached hydrogen (secondary N) is 1. The maximum Gasteiger partial charge on any atom is 0.323 e. The number of carbonyl (C=O) groups is 1. The number of ether oxygens (including phenoxy) is 1. The highest BCUT2D eigenvalue weighted by atomic mass is 16.6. The van der Waals surface area contributed by atoms with E-state index in [0.29, 0.717) is 6.54 Å². The monoisotopic (exact) mass is 219 g/mol. The van der Waals surface area contributed by atoms with Gasteiger partial charge in [-0.05, 0) is 12.5 Å². The molecule has 0 spiro atoms. The summed E-state index contributed by atoms with van der Waals surface area (Å²) in [6.07, 6.45) is 0.0146. The minimum absolute atomic E-state index is 0.0146. The molecule has 1 fully saturated rings. The zero-order chi connectivity index (χ0) is 11.5. The molecule has 2 rings (SSSR count). The van der Waals surface area contributed by atoms with E-state index in [0.717, 1.165) is 0 Å². The summed E-state index contributed by atoms with van der Waals surface area (Å²) in [6, 6.07) is 9.89. The van der Waals surface area contributed by atoms with Gasteiger partial charge in [0.05, 0.1) is 0 Å². The summed E-state index contributed by atoms with van der Waals surface area (Å²) >= 11 is 0. The first kappa shape index (κ1) is 11.1. The molecule has 1 unspecified atom stereocenters. The molecule has 0 saturated carbocycles. The van der Waals surface area contributed by atoms with Gasteiger partial charge >= 0.3 is 5.97 Å². The number of benzene rings is 1. The molecule has 1 heterocycles. The van der Waals surface area contributed by atoms with Gasteiger partial charge in [0.15, 0.2) is 0 Å². The number of cyclic esters (lactones) is 1. The molecule has 1 aromatic rings. The molecule has 0 aliphatic carbocycles. The summed E-state index contributed by atoms with van der Waals surface area (Å²) in [4.78, 5) is 11.5. The molecule has 3 atom stereocenters. The van der Waals surface area contributed by atoms with Gasteiger partial charge in [-0.25, -0.2) is 0 Å². The average Bonchev–Trinajstić information content (AvgIpc) is 2.53. The Balaban J connectivity index is 1.93. The van der Waals surface area contributed by atoms with Crippen LogP contribution in [-0.2, 0) is 16.1 Å². The van der Waals surface area contributed by atoms with Crippen molar-refractivity contribution in [3.05, 3.63) is 35.9 Å². The first-order valence-corrected chi connectivity index (χ1v) is 5.66. The Morgan fingerprint density at radius 1 is 1.25 bits per heavy atom. The molecule has 16 heavy (non-hydrogen) atoms. The Kier molecular flexibility index (Phi) is 3.25. The van der Waals surface area contributed by atoms with Crippen LogP contribution in [0.1, 0.15) is 19.4 Å². The molecule has 0 radical (unpaired) electrons. The van der Waals surface area contributed by atoms with Gasteiger partial charge in [-0.15, -0.1) is 0 Å². The SMILES string of the molecule is C[C@@H]1OC(=O)C(NCc2ccccc2)[C@H]1C. The van der Waals surface area contributed by atoms with Gasteiger partial charge in [-0.1, -0.05) is 37.3 Å². The fraction of sp³-hybridized carbons (Fsp3) is 0.462. The van der Waals surface area contributed by atoms with Crippen LogP contribution >= 0.6 is 0 Å². The molecule has 1 aromatic carbocycles. The molecule has 86 valence electrons. The highest BCUT2D eigenvalue weighted by molar-refractivity contribution is 5.78. The third-order valence-electron chi connectivity index (χ3n) is 3.19. The van der Waals surface area contributed by atoms with Crippen LogP contribution in [0.15, 0.2) is 30.3 Å². The molecule has 1 aliphatic rings. The third-order valence-corrected chi connectivity index (χ3v) is 3.19. The van der Waals surface area contributed by atoms with Crippen LogP contribution in [0.5, 0.6) is 0 Å².